The van der Waals surface area contributed by atoms with Crippen LogP contribution in [-0.2, 0) is 6.42 Å². The molecule has 1 aliphatic heterocycles. The fraction of sp³-hybridized carbons (Fsp3) is 0.478. The number of pyridine rings is 2. The van der Waals surface area contributed by atoms with Crippen LogP contribution in [0, 0.1) is 0 Å². The van der Waals surface area contributed by atoms with E-state index in [0.717, 1.165) is 55.4 Å². The van der Waals surface area contributed by atoms with Crippen LogP contribution in [0.3, 0.4) is 0 Å². The van der Waals surface area contributed by atoms with E-state index in [4.69, 9.17) is 14.5 Å². The minimum absolute atomic E-state index is 0.00835. The molecule has 5 rings (SSSR count). The molecule has 29 heavy (non-hydrogen) atoms. The molecule has 1 saturated heterocycles. The third-order valence-electron chi connectivity index (χ3n) is 6.26. The Kier molecular flexibility index (Phi) is 5.24. The minimum atomic E-state index is 0.00835. The first-order valence-corrected chi connectivity index (χ1v) is 10.8. The van der Waals surface area contributed by atoms with Crippen molar-refractivity contribution in [2.45, 2.75) is 56.8 Å². The van der Waals surface area contributed by atoms with Gasteiger partial charge in [-0.3, -0.25) is 4.98 Å². The second-order valence-corrected chi connectivity index (χ2v) is 8.20. The summed E-state index contributed by atoms with van der Waals surface area (Å²) in [6.45, 7) is 2.16. The van der Waals surface area contributed by atoms with Gasteiger partial charge in [0.1, 0.15) is 5.82 Å². The number of rotatable bonds is 6. The van der Waals surface area contributed by atoms with Crippen molar-refractivity contribution in [2.75, 3.05) is 18.0 Å². The molecule has 3 aromatic rings. The van der Waals surface area contributed by atoms with Gasteiger partial charge in [-0.25, -0.2) is 4.98 Å². The van der Waals surface area contributed by atoms with E-state index < -0.39 is 0 Å². The minimum Gasteiger partial charge on any atom is -0.356 e. The maximum Gasteiger partial charge on any atom is 0.229 e. The number of piperidine rings is 1. The van der Waals surface area contributed by atoms with Crippen molar-refractivity contribution in [3.05, 3.63) is 65.7 Å². The Morgan fingerprint density at radius 2 is 1.90 bits per heavy atom. The Balaban J connectivity index is 1.47. The Morgan fingerprint density at radius 3 is 2.66 bits per heavy atom. The van der Waals surface area contributed by atoms with Crippen LogP contribution < -0.4 is 4.90 Å². The Labute approximate surface area is 171 Å². The van der Waals surface area contributed by atoms with Crippen molar-refractivity contribution in [2.24, 2.45) is 0 Å². The van der Waals surface area contributed by atoms with Gasteiger partial charge in [-0.05, 0) is 61.8 Å². The fourth-order valence-electron chi connectivity index (χ4n) is 4.35. The molecule has 6 nitrogen and oxygen atoms in total. The first-order valence-electron chi connectivity index (χ1n) is 10.8. The summed E-state index contributed by atoms with van der Waals surface area (Å²) in [5, 5.41) is 4.39. The van der Waals surface area contributed by atoms with Gasteiger partial charge in [-0.1, -0.05) is 23.7 Å². The molecule has 4 heterocycles. The molecule has 0 amide bonds. The topological polar surface area (TPSA) is 67.9 Å². The van der Waals surface area contributed by atoms with E-state index in [1.54, 1.807) is 6.20 Å². The molecule has 150 valence electrons. The molecule has 1 unspecified atom stereocenters. The van der Waals surface area contributed by atoms with Crippen molar-refractivity contribution in [3.63, 3.8) is 0 Å². The smallest absolute Gasteiger partial charge is 0.229 e. The molecule has 2 fully saturated rings. The van der Waals surface area contributed by atoms with Gasteiger partial charge in [0.25, 0.3) is 0 Å². The van der Waals surface area contributed by atoms with Crippen molar-refractivity contribution >= 4 is 5.82 Å². The summed E-state index contributed by atoms with van der Waals surface area (Å²) in [6, 6.07) is 8.30. The zero-order valence-corrected chi connectivity index (χ0v) is 16.7. The lowest BCUT2D eigenvalue weighted by atomic mass is 9.85. The molecule has 1 atom stereocenters. The molecule has 0 radical (unpaired) electrons. The van der Waals surface area contributed by atoms with Crippen LogP contribution in [0.25, 0.3) is 0 Å². The molecule has 1 aliphatic carbocycles. The number of aromatic nitrogens is 4. The molecule has 2 aliphatic rings. The number of anilines is 1. The van der Waals surface area contributed by atoms with E-state index in [0.29, 0.717) is 5.92 Å². The fourth-order valence-corrected chi connectivity index (χ4v) is 4.35. The third-order valence-corrected chi connectivity index (χ3v) is 6.26. The van der Waals surface area contributed by atoms with Crippen LogP contribution in [0.4, 0.5) is 5.82 Å². The predicted octanol–water partition coefficient (Wildman–Crippen LogP) is 4.49. The SMILES string of the molecule is c1cncc(C(Cc2cccnc2N2CCCCC2)c2noc(C3CCC3)n2)c1. The van der Waals surface area contributed by atoms with E-state index in [9.17, 15) is 0 Å². The zero-order chi connectivity index (χ0) is 19.5. The van der Waals surface area contributed by atoms with E-state index in [1.807, 2.05) is 24.5 Å². The average molecular weight is 390 g/mol. The molecule has 0 spiro atoms. The van der Waals surface area contributed by atoms with Gasteiger partial charge >= 0.3 is 0 Å². The molecule has 0 aromatic carbocycles. The Hall–Kier alpha value is -2.76. The first kappa shape index (κ1) is 18.3. The van der Waals surface area contributed by atoms with Crippen LogP contribution in [0.5, 0.6) is 0 Å². The monoisotopic (exact) mass is 389 g/mol. The second-order valence-electron chi connectivity index (χ2n) is 8.20. The summed E-state index contributed by atoms with van der Waals surface area (Å²) in [5.41, 5.74) is 2.35. The lowest BCUT2D eigenvalue weighted by molar-refractivity contribution is 0.290. The largest absolute Gasteiger partial charge is 0.356 e. The van der Waals surface area contributed by atoms with Gasteiger partial charge in [0.15, 0.2) is 5.82 Å². The summed E-state index contributed by atoms with van der Waals surface area (Å²) in [7, 11) is 0. The summed E-state index contributed by atoms with van der Waals surface area (Å²) < 4.78 is 5.65. The van der Waals surface area contributed by atoms with Gasteiger partial charge in [0, 0.05) is 37.6 Å². The van der Waals surface area contributed by atoms with Gasteiger partial charge < -0.3 is 9.42 Å². The number of hydrogen-bond acceptors (Lipinski definition) is 6. The highest BCUT2D eigenvalue weighted by Gasteiger charge is 2.29. The lowest BCUT2D eigenvalue weighted by Gasteiger charge is -2.30. The van der Waals surface area contributed by atoms with Gasteiger partial charge in [-0.2, -0.15) is 4.98 Å². The highest BCUT2D eigenvalue weighted by atomic mass is 16.5. The van der Waals surface area contributed by atoms with Crippen LogP contribution in [0.2, 0.25) is 0 Å². The number of hydrogen-bond donors (Lipinski definition) is 0. The highest BCUT2D eigenvalue weighted by Crippen LogP contribution is 2.37. The molecule has 6 heteroatoms. The molecule has 3 aromatic heterocycles. The van der Waals surface area contributed by atoms with Crippen molar-refractivity contribution in [1.29, 1.82) is 0 Å². The van der Waals surface area contributed by atoms with E-state index in [-0.39, 0.29) is 5.92 Å². The van der Waals surface area contributed by atoms with Crippen molar-refractivity contribution < 1.29 is 4.52 Å². The number of nitrogens with zero attached hydrogens (tertiary/aromatic N) is 5. The quantitative estimate of drug-likeness (QED) is 0.619. The van der Waals surface area contributed by atoms with Crippen LogP contribution in [0.15, 0.2) is 47.4 Å². The third kappa shape index (κ3) is 3.88. The normalized spacial score (nSPS) is 18.4. The first-order chi connectivity index (χ1) is 14.4. The van der Waals surface area contributed by atoms with Gasteiger partial charge in [-0.15, -0.1) is 0 Å². The van der Waals surface area contributed by atoms with Crippen LogP contribution >= 0.6 is 0 Å². The highest BCUT2D eigenvalue weighted by molar-refractivity contribution is 5.48. The molecular formula is C23H27N5O. The molecule has 0 N–H and O–H groups in total. The second kappa shape index (κ2) is 8.31. The average Bonchev–Trinajstić information content (AvgIpc) is 3.21. The van der Waals surface area contributed by atoms with Crippen LogP contribution in [-0.4, -0.2) is 33.2 Å². The summed E-state index contributed by atoms with van der Waals surface area (Å²) in [5.74, 6) is 3.10. The Bertz CT molecular complexity index is 931. The summed E-state index contributed by atoms with van der Waals surface area (Å²) >= 11 is 0. The van der Waals surface area contributed by atoms with Crippen LogP contribution in [0.1, 0.15) is 73.2 Å². The van der Waals surface area contributed by atoms with Gasteiger partial charge in [0.05, 0.1) is 5.92 Å². The predicted molar refractivity (Wildman–Crippen MR) is 111 cm³/mol. The van der Waals surface area contributed by atoms with E-state index in [1.165, 1.54) is 31.2 Å². The standard InChI is InChI=1S/C23H27N5O/c1-2-13-28(14-3-1)22-18(9-6-12-25-22)15-20(19-10-5-11-24-16-19)21-26-23(29-27-21)17-7-4-8-17/h5-6,9-12,16-17,20H,1-4,7-8,13-15H2. The van der Waals surface area contributed by atoms with E-state index in [2.05, 4.69) is 27.2 Å². The summed E-state index contributed by atoms with van der Waals surface area (Å²) in [4.78, 5) is 16.3. The zero-order valence-electron chi connectivity index (χ0n) is 16.7. The Morgan fingerprint density at radius 1 is 1.03 bits per heavy atom. The molecular weight excluding hydrogens is 362 g/mol. The lowest BCUT2D eigenvalue weighted by Crippen LogP contribution is -2.31. The summed E-state index contributed by atoms with van der Waals surface area (Å²) in [6.07, 6.45) is 13.7. The van der Waals surface area contributed by atoms with E-state index >= 15 is 0 Å². The van der Waals surface area contributed by atoms with Gasteiger partial charge in [0.2, 0.25) is 5.89 Å². The molecule has 1 saturated carbocycles. The van der Waals surface area contributed by atoms with Crippen molar-refractivity contribution in [3.8, 4) is 0 Å². The maximum absolute atomic E-state index is 5.65. The maximum atomic E-state index is 5.65. The van der Waals surface area contributed by atoms with Crippen molar-refractivity contribution in [1.82, 2.24) is 20.1 Å². The molecule has 0 bridgehead atoms.